The van der Waals surface area contributed by atoms with Crippen LogP contribution in [0.4, 0.5) is 14.9 Å². The van der Waals surface area contributed by atoms with Gasteiger partial charge in [0.2, 0.25) is 0 Å². The van der Waals surface area contributed by atoms with Crippen molar-refractivity contribution in [2.24, 2.45) is 0 Å². The van der Waals surface area contributed by atoms with Gasteiger partial charge in [0.15, 0.2) is 0 Å². The van der Waals surface area contributed by atoms with Gasteiger partial charge in [-0.3, -0.25) is 0 Å². The van der Waals surface area contributed by atoms with Gasteiger partial charge in [0, 0.05) is 17.8 Å². The Morgan fingerprint density at radius 1 is 1.05 bits per heavy atom. The van der Waals surface area contributed by atoms with E-state index in [0.29, 0.717) is 17.8 Å². The van der Waals surface area contributed by atoms with E-state index in [9.17, 15) is 9.18 Å². The molecule has 2 atom stereocenters. The molecule has 3 nitrogen and oxygen atoms in total. The smallest absolute Gasteiger partial charge is 0.318 e. The number of allylic oxidation sites excluding steroid dienone is 1. The van der Waals surface area contributed by atoms with Crippen LogP contribution in [0.3, 0.4) is 0 Å². The highest BCUT2D eigenvalue weighted by molar-refractivity contribution is 5.90. The minimum absolute atomic E-state index is 0.0334. The van der Waals surface area contributed by atoms with Gasteiger partial charge in [0.05, 0.1) is 0 Å². The summed E-state index contributed by atoms with van der Waals surface area (Å²) in [4.78, 5) is 14.5. The zero-order valence-corrected chi connectivity index (χ0v) is 11.9. The van der Waals surface area contributed by atoms with Crippen LogP contribution in [0.1, 0.15) is 38.5 Å². The maximum Gasteiger partial charge on any atom is 0.322 e. The molecule has 1 N–H and O–H groups in total. The van der Waals surface area contributed by atoms with Crippen LogP contribution < -0.4 is 5.32 Å². The summed E-state index contributed by atoms with van der Waals surface area (Å²) in [6.45, 7) is 0. The Hall–Kier alpha value is -1.84. The second kappa shape index (κ2) is 4.86. The van der Waals surface area contributed by atoms with Gasteiger partial charge in [-0.15, -0.1) is 0 Å². The van der Waals surface area contributed by atoms with Gasteiger partial charge in [0.25, 0.3) is 0 Å². The summed E-state index contributed by atoms with van der Waals surface area (Å²) in [5.41, 5.74) is 3.92. The molecule has 0 spiro atoms. The monoisotopic (exact) mass is 286 g/mol. The topological polar surface area (TPSA) is 32.3 Å². The third-order valence-corrected chi connectivity index (χ3v) is 4.91. The summed E-state index contributed by atoms with van der Waals surface area (Å²) in [6.07, 6.45) is 6.88. The molecule has 2 amide bonds. The van der Waals surface area contributed by atoms with E-state index in [2.05, 4.69) is 5.32 Å². The Labute approximate surface area is 123 Å². The molecule has 4 rings (SSSR count). The van der Waals surface area contributed by atoms with Crippen molar-refractivity contribution in [3.8, 4) is 0 Å². The molecule has 0 aromatic heterocycles. The number of fused-ring (bicyclic) bond motifs is 2. The SMILES string of the molecule is O=C(Nc1ccc(F)cc1)N1C2CCC1CC(=C1CC1)C2. The molecule has 2 bridgehead atoms. The van der Waals surface area contributed by atoms with Crippen molar-refractivity contribution in [3.05, 3.63) is 41.2 Å². The number of benzene rings is 1. The minimum atomic E-state index is -0.285. The van der Waals surface area contributed by atoms with E-state index in [1.165, 1.54) is 25.0 Å². The van der Waals surface area contributed by atoms with Crippen LogP contribution in [0.5, 0.6) is 0 Å². The van der Waals surface area contributed by atoms with Gasteiger partial charge < -0.3 is 10.2 Å². The molecule has 3 aliphatic rings. The zero-order valence-electron chi connectivity index (χ0n) is 11.9. The van der Waals surface area contributed by atoms with Crippen LogP contribution in [-0.2, 0) is 0 Å². The molecule has 4 heteroatoms. The van der Waals surface area contributed by atoms with Gasteiger partial charge in [-0.2, -0.15) is 0 Å². The fraction of sp³-hybridized carbons (Fsp3) is 0.471. The number of anilines is 1. The van der Waals surface area contributed by atoms with E-state index in [1.807, 2.05) is 4.90 Å². The van der Waals surface area contributed by atoms with Crippen molar-refractivity contribution >= 4 is 11.7 Å². The Bertz CT molecular complexity index is 586. The first-order chi connectivity index (χ1) is 10.2. The van der Waals surface area contributed by atoms with Crippen LogP contribution in [0.15, 0.2) is 35.4 Å². The standard InChI is InChI=1S/C17H19FN2O/c18-13-3-5-14(6-4-13)19-17(21)20-15-7-8-16(20)10-12(9-15)11-1-2-11/h3-6,15-16H,1-2,7-10H2,(H,19,21). The zero-order chi connectivity index (χ0) is 14.4. The molecule has 110 valence electrons. The van der Waals surface area contributed by atoms with Gasteiger partial charge in [0.1, 0.15) is 5.82 Å². The number of carbonyl (C=O) groups is 1. The van der Waals surface area contributed by atoms with Crippen molar-refractivity contribution in [1.82, 2.24) is 4.90 Å². The summed E-state index contributed by atoms with van der Waals surface area (Å²) in [6, 6.07) is 6.63. The molecule has 1 aromatic carbocycles. The van der Waals surface area contributed by atoms with Crippen molar-refractivity contribution in [3.63, 3.8) is 0 Å². The number of piperidine rings is 1. The number of carbonyl (C=O) groups excluding carboxylic acids is 1. The van der Waals surface area contributed by atoms with Crippen molar-refractivity contribution < 1.29 is 9.18 Å². The van der Waals surface area contributed by atoms with Crippen LogP contribution in [-0.4, -0.2) is 23.0 Å². The lowest BCUT2D eigenvalue weighted by atomic mass is 9.96. The fourth-order valence-corrected chi connectivity index (χ4v) is 3.77. The lowest BCUT2D eigenvalue weighted by Gasteiger charge is -2.36. The number of amides is 2. The van der Waals surface area contributed by atoms with Crippen LogP contribution >= 0.6 is 0 Å². The number of rotatable bonds is 1. The maximum atomic E-state index is 12.9. The molecule has 3 fully saturated rings. The molecule has 1 aromatic rings. The Balaban J connectivity index is 1.48. The lowest BCUT2D eigenvalue weighted by Crippen LogP contribution is -2.46. The summed E-state index contributed by atoms with van der Waals surface area (Å²) in [5.74, 6) is -0.285. The Morgan fingerprint density at radius 2 is 1.67 bits per heavy atom. The third kappa shape index (κ3) is 2.43. The average molecular weight is 286 g/mol. The van der Waals surface area contributed by atoms with Gasteiger partial charge >= 0.3 is 6.03 Å². The van der Waals surface area contributed by atoms with E-state index < -0.39 is 0 Å². The van der Waals surface area contributed by atoms with E-state index in [4.69, 9.17) is 0 Å². The third-order valence-electron chi connectivity index (χ3n) is 4.91. The molecule has 1 saturated carbocycles. The number of hydrogen-bond donors (Lipinski definition) is 1. The average Bonchev–Trinajstić information content (AvgIpc) is 3.27. The predicted octanol–water partition coefficient (Wildman–Crippen LogP) is 4.07. The predicted molar refractivity (Wildman–Crippen MR) is 79.6 cm³/mol. The van der Waals surface area contributed by atoms with E-state index >= 15 is 0 Å². The molecule has 2 unspecified atom stereocenters. The normalized spacial score (nSPS) is 27.0. The molecule has 2 heterocycles. The number of hydrogen-bond acceptors (Lipinski definition) is 1. The van der Waals surface area contributed by atoms with Crippen molar-refractivity contribution in [1.29, 1.82) is 0 Å². The lowest BCUT2D eigenvalue weighted by molar-refractivity contribution is 0.173. The van der Waals surface area contributed by atoms with E-state index in [-0.39, 0.29) is 11.8 Å². The second-order valence-electron chi connectivity index (χ2n) is 6.34. The van der Waals surface area contributed by atoms with Gasteiger partial charge in [-0.05, 0) is 62.8 Å². The molecule has 0 radical (unpaired) electrons. The van der Waals surface area contributed by atoms with Crippen LogP contribution in [0.2, 0.25) is 0 Å². The van der Waals surface area contributed by atoms with Crippen molar-refractivity contribution in [2.75, 3.05) is 5.32 Å². The van der Waals surface area contributed by atoms with Crippen LogP contribution in [0.25, 0.3) is 0 Å². The fourth-order valence-electron chi connectivity index (χ4n) is 3.77. The summed E-state index contributed by atoms with van der Waals surface area (Å²) < 4.78 is 12.9. The molecular weight excluding hydrogens is 267 g/mol. The summed E-state index contributed by atoms with van der Waals surface area (Å²) in [7, 11) is 0. The molecule has 1 aliphatic carbocycles. The molecule has 2 aliphatic heterocycles. The Morgan fingerprint density at radius 3 is 2.24 bits per heavy atom. The van der Waals surface area contributed by atoms with Crippen LogP contribution in [0, 0.1) is 5.82 Å². The molecule has 2 saturated heterocycles. The number of nitrogens with zero attached hydrogens (tertiary/aromatic N) is 1. The number of nitrogens with one attached hydrogen (secondary N) is 1. The quantitative estimate of drug-likeness (QED) is 0.775. The van der Waals surface area contributed by atoms with E-state index in [1.54, 1.807) is 23.3 Å². The maximum absolute atomic E-state index is 12.9. The molecular formula is C17H19FN2O. The number of urea groups is 1. The highest BCUT2D eigenvalue weighted by Crippen LogP contribution is 2.44. The Kier molecular flexibility index (Phi) is 2.98. The summed E-state index contributed by atoms with van der Waals surface area (Å²) in [5, 5.41) is 2.90. The first-order valence-electron chi connectivity index (χ1n) is 7.75. The van der Waals surface area contributed by atoms with Gasteiger partial charge in [-0.1, -0.05) is 11.1 Å². The highest BCUT2D eigenvalue weighted by Gasteiger charge is 2.42. The van der Waals surface area contributed by atoms with E-state index in [0.717, 1.165) is 25.7 Å². The first kappa shape index (κ1) is 12.9. The highest BCUT2D eigenvalue weighted by atomic mass is 19.1. The summed E-state index contributed by atoms with van der Waals surface area (Å²) >= 11 is 0. The largest absolute Gasteiger partial charge is 0.322 e. The second-order valence-corrected chi connectivity index (χ2v) is 6.34. The number of halogens is 1. The van der Waals surface area contributed by atoms with Gasteiger partial charge in [-0.25, -0.2) is 9.18 Å². The van der Waals surface area contributed by atoms with Crippen molar-refractivity contribution in [2.45, 2.75) is 50.6 Å². The molecule has 21 heavy (non-hydrogen) atoms. The first-order valence-corrected chi connectivity index (χ1v) is 7.75. The minimum Gasteiger partial charge on any atom is -0.318 e.